The van der Waals surface area contributed by atoms with Gasteiger partial charge in [0.1, 0.15) is 0 Å². The molecule has 0 aromatic carbocycles. The molecule has 1 fully saturated rings. The molecule has 15 heavy (non-hydrogen) atoms. The van der Waals surface area contributed by atoms with Gasteiger partial charge in [-0.25, -0.2) is 0 Å². The smallest absolute Gasteiger partial charge is 0.309 e. The fourth-order valence-electron chi connectivity index (χ4n) is 2.39. The summed E-state index contributed by atoms with van der Waals surface area (Å²) in [5, 5.41) is 9.36. The Kier molecular flexibility index (Phi) is 5.09. The summed E-state index contributed by atoms with van der Waals surface area (Å²) in [6, 6.07) is 0. The second kappa shape index (κ2) is 6.11. The third-order valence-corrected chi connectivity index (χ3v) is 3.44. The van der Waals surface area contributed by atoms with E-state index in [2.05, 4.69) is 0 Å². The molecule has 0 unspecified atom stereocenters. The first-order valence-corrected chi connectivity index (χ1v) is 6.02. The summed E-state index contributed by atoms with van der Waals surface area (Å²) >= 11 is 0. The molecule has 1 rings (SSSR count). The third kappa shape index (κ3) is 3.49. The minimum absolute atomic E-state index is 0.494. The van der Waals surface area contributed by atoms with Crippen LogP contribution in [0.2, 0.25) is 0 Å². The van der Waals surface area contributed by atoms with Crippen molar-refractivity contribution in [2.75, 3.05) is 13.2 Å². The van der Waals surface area contributed by atoms with Gasteiger partial charge in [-0.05, 0) is 26.2 Å². The van der Waals surface area contributed by atoms with E-state index in [1.807, 2.05) is 6.92 Å². The fraction of sp³-hybridized carbons (Fsp3) is 0.917. The highest BCUT2D eigenvalue weighted by molar-refractivity contribution is 5.74. The molecule has 3 nitrogen and oxygen atoms in total. The Bertz CT molecular complexity index is 193. The van der Waals surface area contributed by atoms with Crippen LogP contribution in [0.5, 0.6) is 0 Å². The number of rotatable bonds is 5. The van der Waals surface area contributed by atoms with Crippen molar-refractivity contribution in [2.45, 2.75) is 51.9 Å². The Balaban J connectivity index is 2.55. The van der Waals surface area contributed by atoms with Crippen LogP contribution in [0.15, 0.2) is 0 Å². The molecule has 1 N–H and O–H groups in total. The summed E-state index contributed by atoms with van der Waals surface area (Å²) in [5.41, 5.74) is -0.494. The summed E-state index contributed by atoms with van der Waals surface area (Å²) in [5.74, 6) is -0.621. The highest BCUT2D eigenvalue weighted by Gasteiger charge is 2.37. The maximum absolute atomic E-state index is 11.4. The number of ether oxygens (including phenoxy) is 1. The number of hydrogen-bond acceptors (Lipinski definition) is 2. The van der Waals surface area contributed by atoms with Crippen LogP contribution in [0, 0.1) is 5.41 Å². The normalized spacial score (nSPS) is 20.9. The molecule has 1 aliphatic rings. The van der Waals surface area contributed by atoms with Gasteiger partial charge in [0, 0.05) is 13.2 Å². The van der Waals surface area contributed by atoms with Gasteiger partial charge in [0.2, 0.25) is 0 Å². The van der Waals surface area contributed by atoms with Crippen LogP contribution in [0.4, 0.5) is 0 Å². The standard InChI is InChI=1S/C12H22O3/c1-2-15-10-9-12(11(13)14)7-5-3-4-6-8-12/h2-10H2,1H3,(H,13,14). The Hall–Kier alpha value is -0.570. The Labute approximate surface area is 91.8 Å². The van der Waals surface area contributed by atoms with E-state index in [-0.39, 0.29) is 0 Å². The lowest BCUT2D eigenvalue weighted by Gasteiger charge is -2.27. The van der Waals surface area contributed by atoms with Crippen molar-refractivity contribution >= 4 is 5.97 Å². The molecule has 88 valence electrons. The number of carbonyl (C=O) groups is 1. The van der Waals surface area contributed by atoms with E-state index in [0.717, 1.165) is 25.7 Å². The van der Waals surface area contributed by atoms with Crippen LogP contribution in [-0.2, 0) is 9.53 Å². The number of carboxylic acid groups (broad SMARTS) is 1. The first kappa shape index (κ1) is 12.5. The zero-order valence-corrected chi connectivity index (χ0v) is 9.63. The average molecular weight is 214 g/mol. The first-order chi connectivity index (χ1) is 7.21. The quantitative estimate of drug-likeness (QED) is 0.565. The second-order valence-corrected chi connectivity index (χ2v) is 4.45. The summed E-state index contributed by atoms with van der Waals surface area (Å²) in [7, 11) is 0. The van der Waals surface area contributed by atoms with Crippen LogP contribution < -0.4 is 0 Å². The number of hydrogen-bond donors (Lipinski definition) is 1. The predicted molar refractivity (Wildman–Crippen MR) is 58.9 cm³/mol. The van der Waals surface area contributed by atoms with E-state index in [1.165, 1.54) is 12.8 Å². The van der Waals surface area contributed by atoms with Gasteiger partial charge in [0.15, 0.2) is 0 Å². The van der Waals surface area contributed by atoms with Gasteiger partial charge in [-0.1, -0.05) is 25.7 Å². The summed E-state index contributed by atoms with van der Waals surface area (Å²) in [6.07, 6.45) is 6.81. The SMILES string of the molecule is CCOCCC1(C(=O)O)CCCCCC1. The van der Waals surface area contributed by atoms with E-state index in [1.54, 1.807) is 0 Å². The van der Waals surface area contributed by atoms with E-state index in [4.69, 9.17) is 4.74 Å². The molecule has 0 aliphatic heterocycles. The van der Waals surface area contributed by atoms with E-state index >= 15 is 0 Å². The summed E-state index contributed by atoms with van der Waals surface area (Å²) in [4.78, 5) is 11.4. The first-order valence-electron chi connectivity index (χ1n) is 6.02. The fourth-order valence-corrected chi connectivity index (χ4v) is 2.39. The number of aliphatic carboxylic acids is 1. The van der Waals surface area contributed by atoms with E-state index in [0.29, 0.717) is 19.6 Å². The highest BCUT2D eigenvalue weighted by Crippen LogP contribution is 2.38. The third-order valence-electron chi connectivity index (χ3n) is 3.44. The topological polar surface area (TPSA) is 46.5 Å². The molecule has 1 aliphatic carbocycles. The van der Waals surface area contributed by atoms with E-state index in [9.17, 15) is 9.90 Å². The van der Waals surface area contributed by atoms with Crippen molar-refractivity contribution < 1.29 is 14.6 Å². The van der Waals surface area contributed by atoms with Gasteiger partial charge < -0.3 is 9.84 Å². The molecule has 0 bridgehead atoms. The molecule has 0 heterocycles. The molecule has 0 aromatic rings. The molecular weight excluding hydrogens is 192 g/mol. The van der Waals surface area contributed by atoms with Gasteiger partial charge in [0.25, 0.3) is 0 Å². The molecule has 3 heteroatoms. The Morgan fingerprint density at radius 1 is 1.27 bits per heavy atom. The summed E-state index contributed by atoms with van der Waals surface area (Å²) in [6.45, 7) is 3.21. The Morgan fingerprint density at radius 2 is 1.87 bits per heavy atom. The molecule has 0 amide bonds. The van der Waals surface area contributed by atoms with Gasteiger partial charge >= 0.3 is 5.97 Å². The van der Waals surface area contributed by atoms with Crippen LogP contribution in [0.25, 0.3) is 0 Å². The van der Waals surface area contributed by atoms with Gasteiger partial charge in [0.05, 0.1) is 5.41 Å². The van der Waals surface area contributed by atoms with Crippen LogP contribution in [0.1, 0.15) is 51.9 Å². The van der Waals surface area contributed by atoms with E-state index < -0.39 is 11.4 Å². The Morgan fingerprint density at radius 3 is 2.33 bits per heavy atom. The molecule has 0 spiro atoms. The van der Waals surface area contributed by atoms with Gasteiger partial charge in [-0.3, -0.25) is 4.79 Å². The molecular formula is C12H22O3. The minimum atomic E-state index is -0.621. The lowest BCUT2D eigenvalue weighted by molar-refractivity contribution is -0.151. The zero-order valence-electron chi connectivity index (χ0n) is 9.63. The van der Waals surface area contributed by atoms with Crippen molar-refractivity contribution in [2.24, 2.45) is 5.41 Å². The van der Waals surface area contributed by atoms with Gasteiger partial charge in [-0.2, -0.15) is 0 Å². The van der Waals surface area contributed by atoms with Crippen LogP contribution in [-0.4, -0.2) is 24.3 Å². The van der Waals surface area contributed by atoms with Crippen molar-refractivity contribution in [3.05, 3.63) is 0 Å². The highest BCUT2D eigenvalue weighted by atomic mass is 16.5. The predicted octanol–water partition coefficient (Wildman–Crippen LogP) is 2.84. The number of carboxylic acids is 1. The van der Waals surface area contributed by atoms with Crippen LogP contribution in [0.3, 0.4) is 0 Å². The van der Waals surface area contributed by atoms with Crippen molar-refractivity contribution in [1.82, 2.24) is 0 Å². The lowest BCUT2D eigenvalue weighted by Crippen LogP contribution is -2.32. The molecule has 0 saturated heterocycles. The molecule has 0 atom stereocenters. The monoisotopic (exact) mass is 214 g/mol. The molecule has 1 saturated carbocycles. The summed E-state index contributed by atoms with van der Waals surface area (Å²) < 4.78 is 5.29. The van der Waals surface area contributed by atoms with Crippen molar-refractivity contribution in [1.29, 1.82) is 0 Å². The largest absolute Gasteiger partial charge is 0.481 e. The van der Waals surface area contributed by atoms with Crippen molar-refractivity contribution in [3.8, 4) is 0 Å². The zero-order chi connectivity index (χ0) is 11.1. The second-order valence-electron chi connectivity index (χ2n) is 4.45. The molecule has 0 radical (unpaired) electrons. The maximum atomic E-state index is 11.4. The van der Waals surface area contributed by atoms with Crippen molar-refractivity contribution in [3.63, 3.8) is 0 Å². The minimum Gasteiger partial charge on any atom is -0.481 e. The molecule has 0 aromatic heterocycles. The van der Waals surface area contributed by atoms with Crippen LogP contribution >= 0.6 is 0 Å². The maximum Gasteiger partial charge on any atom is 0.309 e. The average Bonchev–Trinajstić information content (AvgIpc) is 2.45. The lowest BCUT2D eigenvalue weighted by atomic mass is 9.78. The van der Waals surface area contributed by atoms with Gasteiger partial charge in [-0.15, -0.1) is 0 Å².